The quantitative estimate of drug-likeness (QED) is 0.729. The molecule has 13 heavy (non-hydrogen) atoms. The number of hydrogen-bond donors (Lipinski definition) is 1. The van der Waals surface area contributed by atoms with Gasteiger partial charge in [-0.1, -0.05) is 19.8 Å². The molecular formula is C10H20O3. The van der Waals surface area contributed by atoms with Crippen LogP contribution in [0.1, 0.15) is 40.0 Å². The fraction of sp³-hybridized carbons (Fsp3) is 1.00. The van der Waals surface area contributed by atoms with Gasteiger partial charge in [0.2, 0.25) is 0 Å². The Morgan fingerprint density at radius 1 is 1.54 bits per heavy atom. The molecule has 1 saturated heterocycles. The summed E-state index contributed by atoms with van der Waals surface area (Å²) >= 11 is 0. The van der Waals surface area contributed by atoms with Crippen molar-refractivity contribution in [2.24, 2.45) is 0 Å². The lowest BCUT2D eigenvalue weighted by Crippen LogP contribution is -2.30. The fourth-order valence-electron chi connectivity index (χ4n) is 1.50. The lowest BCUT2D eigenvalue weighted by molar-refractivity contribution is -0.151. The van der Waals surface area contributed by atoms with Crippen molar-refractivity contribution in [1.82, 2.24) is 0 Å². The van der Waals surface area contributed by atoms with Gasteiger partial charge in [-0.05, 0) is 20.3 Å². The maximum absolute atomic E-state index is 9.71. The molecule has 0 bridgehead atoms. The van der Waals surface area contributed by atoms with E-state index in [0.717, 1.165) is 19.3 Å². The van der Waals surface area contributed by atoms with Crippen molar-refractivity contribution in [1.29, 1.82) is 0 Å². The van der Waals surface area contributed by atoms with Gasteiger partial charge in [-0.2, -0.15) is 0 Å². The number of aliphatic hydroxyl groups is 1. The van der Waals surface area contributed by atoms with Gasteiger partial charge >= 0.3 is 0 Å². The Hall–Kier alpha value is -0.120. The Morgan fingerprint density at radius 3 is 2.69 bits per heavy atom. The third-order valence-electron chi connectivity index (χ3n) is 2.31. The van der Waals surface area contributed by atoms with E-state index in [2.05, 4.69) is 6.92 Å². The molecule has 0 aromatic rings. The van der Waals surface area contributed by atoms with Gasteiger partial charge in [0, 0.05) is 0 Å². The van der Waals surface area contributed by atoms with Crippen LogP contribution in [-0.2, 0) is 9.47 Å². The van der Waals surface area contributed by atoms with Crippen LogP contribution >= 0.6 is 0 Å². The zero-order chi connectivity index (χ0) is 9.90. The smallest absolute Gasteiger partial charge is 0.163 e. The van der Waals surface area contributed by atoms with Crippen LogP contribution in [0.25, 0.3) is 0 Å². The third-order valence-corrected chi connectivity index (χ3v) is 2.31. The van der Waals surface area contributed by atoms with Crippen LogP contribution in [-0.4, -0.2) is 29.7 Å². The van der Waals surface area contributed by atoms with E-state index in [9.17, 15) is 5.11 Å². The van der Waals surface area contributed by atoms with Crippen LogP contribution in [0.4, 0.5) is 0 Å². The average Bonchev–Trinajstić information content (AvgIpc) is 2.42. The monoisotopic (exact) mass is 188 g/mol. The Labute approximate surface area is 80.0 Å². The normalized spacial score (nSPS) is 29.1. The van der Waals surface area contributed by atoms with Crippen LogP contribution in [0.15, 0.2) is 0 Å². The summed E-state index contributed by atoms with van der Waals surface area (Å²) in [7, 11) is 0. The van der Waals surface area contributed by atoms with E-state index in [0.29, 0.717) is 6.61 Å². The Kier molecular flexibility index (Phi) is 3.71. The summed E-state index contributed by atoms with van der Waals surface area (Å²) in [6.07, 6.45) is 2.44. The van der Waals surface area contributed by atoms with Crippen molar-refractivity contribution in [2.45, 2.75) is 58.0 Å². The van der Waals surface area contributed by atoms with Gasteiger partial charge in [0.05, 0.1) is 12.7 Å². The van der Waals surface area contributed by atoms with Gasteiger partial charge in [-0.3, -0.25) is 0 Å². The molecule has 1 heterocycles. The molecule has 0 radical (unpaired) electrons. The first-order valence-electron chi connectivity index (χ1n) is 5.05. The van der Waals surface area contributed by atoms with Crippen molar-refractivity contribution in [3.63, 3.8) is 0 Å². The molecular weight excluding hydrogens is 168 g/mol. The van der Waals surface area contributed by atoms with E-state index in [-0.39, 0.29) is 12.2 Å². The predicted molar refractivity (Wildman–Crippen MR) is 50.4 cm³/mol. The number of aliphatic hydroxyl groups excluding tert-OH is 1. The van der Waals surface area contributed by atoms with Crippen LogP contribution < -0.4 is 0 Å². The topological polar surface area (TPSA) is 38.7 Å². The van der Waals surface area contributed by atoms with Crippen molar-refractivity contribution >= 4 is 0 Å². The molecule has 1 fully saturated rings. The van der Waals surface area contributed by atoms with Crippen LogP contribution in [0.5, 0.6) is 0 Å². The Balaban J connectivity index is 2.29. The lowest BCUT2D eigenvalue weighted by atomic mass is 10.1. The average molecular weight is 188 g/mol. The maximum Gasteiger partial charge on any atom is 0.163 e. The van der Waals surface area contributed by atoms with Gasteiger partial charge < -0.3 is 14.6 Å². The molecule has 2 unspecified atom stereocenters. The van der Waals surface area contributed by atoms with Gasteiger partial charge in [-0.25, -0.2) is 0 Å². The molecule has 0 saturated carbocycles. The minimum atomic E-state index is -0.516. The largest absolute Gasteiger partial charge is 0.390 e. The number of unbranched alkanes of at least 4 members (excludes halogenated alkanes) is 1. The van der Waals surface area contributed by atoms with E-state index >= 15 is 0 Å². The molecule has 1 N–H and O–H groups in total. The Bertz CT molecular complexity index is 156. The van der Waals surface area contributed by atoms with Gasteiger partial charge in [0.1, 0.15) is 6.10 Å². The van der Waals surface area contributed by atoms with Crippen LogP contribution in [0.3, 0.4) is 0 Å². The molecule has 0 amide bonds. The number of ether oxygens (including phenoxy) is 2. The van der Waals surface area contributed by atoms with Gasteiger partial charge in [-0.15, -0.1) is 0 Å². The summed E-state index contributed by atoms with van der Waals surface area (Å²) < 4.78 is 10.9. The molecule has 78 valence electrons. The summed E-state index contributed by atoms with van der Waals surface area (Å²) in [5.74, 6) is -0.516. The highest BCUT2D eigenvalue weighted by atomic mass is 16.7. The molecule has 0 aromatic carbocycles. The van der Waals surface area contributed by atoms with Crippen molar-refractivity contribution in [2.75, 3.05) is 6.61 Å². The zero-order valence-electron chi connectivity index (χ0n) is 8.75. The summed E-state index contributed by atoms with van der Waals surface area (Å²) in [5.41, 5.74) is 0. The van der Waals surface area contributed by atoms with Crippen molar-refractivity contribution in [3.8, 4) is 0 Å². The summed E-state index contributed by atoms with van der Waals surface area (Å²) in [6, 6.07) is 0. The molecule has 0 aliphatic carbocycles. The fourth-order valence-corrected chi connectivity index (χ4v) is 1.50. The minimum Gasteiger partial charge on any atom is -0.390 e. The second kappa shape index (κ2) is 4.40. The van der Waals surface area contributed by atoms with E-state index in [1.807, 2.05) is 13.8 Å². The predicted octanol–water partition coefficient (Wildman–Crippen LogP) is 1.69. The Morgan fingerprint density at radius 2 is 2.23 bits per heavy atom. The molecule has 2 atom stereocenters. The summed E-state index contributed by atoms with van der Waals surface area (Å²) in [4.78, 5) is 0. The van der Waals surface area contributed by atoms with Crippen LogP contribution in [0, 0.1) is 0 Å². The minimum absolute atomic E-state index is 0.137. The first-order chi connectivity index (χ1) is 6.05. The summed E-state index contributed by atoms with van der Waals surface area (Å²) in [6.45, 7) is 6.37. The zero-order valence-corrected chi connectivity index (χ0v) is 8.75. The second-order valence-electron chi connectivity index (χ2n) is 4.08. The molecule has 3 heteroatoms. The molecule has 1 rings (SSSR count). The number of rotatable bonds is 4. The summed E-state index contributed by atoms with van der Waals surface area (Å²) in [5, 5.41) is 9.71. The lowest BCUT2D eigenvalue weighted by Gasteiger charge is -2.20. The highest BCUT2D eigenvalue weighted by molar-refractivity contribution is 4.77. The molecule has 3 nitrogen and oxygen atoms in total. The number of hydrogen-bond acceptors (Lipinski definition) is 3. The molecule has 0 spiro atoms. The third kappa shape index (κ3) is 3.25. The van der Waals surface area contributed by atoms with E-state index in [1.54, 1.807) is 0 Å². The van der Waals surface area contributed by atoms with E-state index < -0.39 is 5.79 Å². The van der Waals surface area contributed by atoms with Gasteiger partial charge in [0.25, 0.3) is 0 Å². The SMILES string of the molecule is CCCCC(O)C1COC(C)(C)O1. The van der Waals surface area contributed by atoms with Crippen LogP contribution in [0.2, 0.25) is 0 Å². The highest BCUT2D eigenvalue weighted by Crippen LogP contribution is 2.25. The first-order valence-corrected chi connectivity index (χ1v) is 5.05. The van der Waals surface area contributed by atoms with Crippen molar-refractivity contribution in [3.05, 3.63) is 0 Å². The van der Waals surface area contributed by atoms with E-state index in [1.165, 1.54) is 0 Å². The molecule has 1 aliphatic heterocycles. The van der Waals surface area contributed by atoms with Gasteiger partial charge in [0.15, 0.2) is 5.79 Å². The maximum atomic E-state index is 9.71. The molecule has 1 aliphatic rings. The van der Waals surface area contributed by atoms with Crippen molar-refractivity contribution < 1.29 is 14.6 Å². The second-order valence-corrected chi connectivity index (χ2v) is 4.08. The standard InChI is InChI=1S/C10H20O3/c1-4-5-6-8(11)9-7-12-10(2,3)13-9/h8-9,11H,4-7H2,1-3H3. The van der Waals surface area contributed by atoms with E-state index in [4.69, 9.17) is 9.47 Å². The highest BCUT2D eigenvalue weighted by Gasteiger charge is 2.36. The first kappa shape index (κ1) is 11.0. The molecule has 0 aromatic heterocycles.